The zero-order valence-electron chi connectivity index (χ0n) is 14.6. The molecule has 3 heterocycles. The number of rotatable bonds is 4. The Bertz CT molecular complexity index is 1090. The average Bonchev–Trinajstić information content (AvgIpc) is 3.19. The van der Waals surface area contributed by atoms with Gasteiger partial charge in [0.15, 0.2) is 11.5 Å². The highest BCUT2D eigenvalue weighted by Gasteiger charge is 2.32. The van der Waals surface area contributed by atoms with Crippen LogP contribution in [0.15, 0.2) is 41.5 Å². The molecule has 1 saturated heterocycles. The van der Waals surface area contributed by atoms with Crippen molar-refractivity contribution >= 4 is 16.7 Å². The van der Waals surface area contributed by atoms with Crippen molar-refractivity contribution in [2.45, 2.75) is 25.4 Å². The molecule has 1 atom stereocenters. The fraction of sp³-hybridized carbons (Fsp3) is 0.316. The van der Waals surface area contributed by atoms with E-state index in [1.54, 1.807) is 18.3 Å². The maximum atomic E-state index is 13.0. The van der Waals surface area contributed by atoms with Gasteiger partial charge in [-0.15, -0.1) is 0 Å². The van der Waals surface area contributed by atoms with Gasteiger partial charge < -0.3 is 10.0 Å². The van der Waals surface area contributed by atoms with Crippen molar-refractivity contribution in [3.05, 3.63) is 58.5 Å². The quantitative estimate of drug-likeness (QED) is 0.747. The molecule has 1 unspecified atom stereocenters. The summed E-state index contributed by atoms with van der Waals surface area (Å²) in [5, 5.41) is 19.4. The van der Waals surface area contributed by atoms with Gasteiger partial charge in [0.25, 0.3) is 5.56 Å². The van der Waals surface area contributed by atoms with E-state index >= 15 is 0 Å². The van der Waals surface area contributed by atoms with Crippen LogP contribution in [0.4, 0.5) is 5.82 Å². The Morgan fingerprint density at radius 1 is 1.26 bits per heavy atom. The first-order valence-electron chi connectivity index (χ1n) is 8.82. The van der Waals surface area contributed by atoms with Gasteiger partial charge in [-0.2, -0.15) is 5.26 Å². The van der Waals surface area contributed by atoms with Gasteiger partial charge in [-0.25, -0.2) is 15.0 Å². The summed E-state index contributed by atoms with van der Waals surface area (Å²) in [6.07, 6.45) is 4.70. The Morgan fingerprint density at radius 2 is 2.07 bits per heavy atom. The number of fused-ring (bicyclic) bond motifs is 1. The van der Waals surface area contributed by atoms with E-state index in [1.807, 2.05) is 17.0 Å². The SMILES string of the molecule is N#Cc1nccnc1N1CCCC1c1nc2ccccc2c(=O)n1CCO. The summed E-state index contributed by atoms with van der Waals surface area (Å²) in [4.78, 5) is 28.2. The number of hydrogen-bond donors (Lipinski definition) is 1. The summed E-state index contributed by atoms with van der Waals surface area (Å²) < 4.78 is 1.54. The lowest BCUT2D eigenvalue weighted by Crippen LogP contribution is -2.33. The highest BCUT2D eigenvalue weighted by Crippen LogP contribution is 2.35. The Balaban J connectivity index is 1.89. The predicted molar refractivity (Wildman–Crippen MR) is 99.2 cm³/mol. The maximum Gasteiger partial charge on any atom is 0.261 e. The molecule has 0 amide bonds. The number of anilines is 1. The predicted octanol–water partition coefficient (Wildman–Crippen LogP) is 1.39. The Labute approximate surface area is 155 Å². The molecule has 8 nitrogen and oxygen atoms in total. The van der Waals surface area contributed by atoms with Crippen molar-refractivity contribution in [2.24, 2.45) is 0 Å². The molecule has 0 aliphatic carbocycles. The van der Waals surface area contributed by atoms with E-state index < -0.39 is 0 Å². The van der Waals surface area contributed by atoms with Crippen LogP contribution in [0.25, 0.3) is 10.9 Å². The fourth-order valence-corrected chi connectivity index (χ4v) is 3.66. The Kier molecular flexibility index (Phi) is 4.52. The zero-order valence-corrected chi connectivity index (χ0v) is 14.6. The zero-order chi connectivity index (χ0) is 18.8. The molecule has 0 spiro atoms. The number of nitrogens with zero attached hydrogens (tertiary/aromatic N) is 6. The molecule has 1 fully saturated rings. The molecule has 8 heteroatoms. The molecule has 4 rings (SSSR count). The summed E-state index contributed by atoms with van der Waals surface area (Å²) in [7, 11) is 0. The lowest BCUT2D eigenvalue weighted by atomic mass is 10.1. The first kappa shape index (κ1) is 17.1. The number of para-hydroxylation sites is 1. The minimum atomic E-state index is -0.211. The van der Waals surface area contributed by atoms with E-state index in [4.69, 9.17) is 4.98 Å². The standard InChI is InChI=1S/C19H18N6O2/c20-12-15-17(22-8-7-21-15)24-9-3-6-16(24)18-23-14-5-2-1-4-13(14)19(27)25(18)10-11-26/h1-2,4-5,7-8,16,26H,3,6,9-11H2. The third-order valence-corrected chi connectivity index (χ3v) is 4.82. The second kappa shape index (κ2) is 7.13. The van der Waals surface area contributed by atoms with E-state index in [0.29, 0.717) is 29.1 Å². The van der Waals surface area contributed by atoms with Crippen molar-refractivity contribution in [3.63, 3.8) is 0 Å². The molecule has 27 heavy (non-hydrogen) atoms. The first-order chi connectivity index (χ1) is 13.2. The van der Waals surface area contributed by atoms with Crippen molar-refractivity contribution in [1.82, 2.24) is 19.5 Å². The van der Waals surface area contributed by atoms with Crippen LogP contribution in [0.3, 0.4) is 0 Å². The van der Waals surface area contributed by atoms with E-state index in [2.05, 4.69) is 16.0 Å². The van der Waals surface area contributed by atoms with E-state index in [9.17, 15) is 15.2 Å². The molecular formula is C19H18N6O2. The third kappa shape index (κ3) is 2.92. The number of aliphatic hydroxyl groups excluding tert-OH is 1. The van der Waals surface area contributed by atoms with E-state index in [-0.39, 0.29) is 30.4 Å². The van der Waals surface area contributed by atoms with Crippen LogP contribution >= 0.6 is 0 Å². The summed E-state index contributed by atoms with van der Waals surface area (Å²) in [6.45, 7) is 0.704. The lowest BCUT2D eigenvalue weighted by Gasteiger charge is -2.27. The van der Waals surface area contributed by atoms with E-state index in [1.165, 1.54) is 10.8 Å². The molecule has 1 aromatic carbocycles. The molecule has 0 radical (unpaired) electrons. The average molecular weight is 362 g/mol. The highest BCUT2D eigenvalue weighted by molar-refractivity contribution is 5.77. The number of hydrogen-bond acceptors (Lipinski definition) is 7. The van der Waals surface area contributed by atoms with Crippen LogP contribution < -0.4 is 10.5 Å². The molecule has 3 aromatic rings. The van der Waals surface area contributed by atoms with Crippen molar-refractivity contribution in [2.75, 3.05) is 18.1 Å². The number of aromatic nitrogens is 4. The first-order valence-corrected chi connectivity index (χ1v) is 8.82. The summed E-state index contributed by atoms with van der Waals surface area (Å²) in [6, 6.07) is 9.07. The molecule has 1 aliphatic rings. The maximum absolute atomic E-state index is 13.0. The number of benzene rings is 1. The smallest absolute Gasteiger partial charge is 0.261 e. The topological polar surface area (TPSA) is 108 Å². The van der Waals surface area contributed by atoms with Crippen LogP contribution in [0.2, 0.25) is 0 Å². The molecular weight excluding hydrogens is 344 g/mol. The lowest BCUT2D eigenvalue weighted by molar-refractivity contribution is 0.270. The van der Waals surface area contributed by atoms with Gasteiger partial charge in [0.1, 0.15) is 11.9 Å². The minimum absolute atomic E-state index is 0.158. The van der Waals surface area contributed by atoms with Crippen LogP contribution in [0.1, 0.15) is 30.4 Å². The van der Waals surface area contributed by atoms with E-state index in [0.717, 1.165) is 12.8 Å². The van der Waals surface area contributed by atoms with Gasteiger partial charge in [0, 0.05) is 18.9 Å². The van der Waals surface area contributed by atoms with Crippen LogP contribution in [-0.4, -0.2) is 37.8 Å². The largest absolute Gasteiger partial charge is 0.395 e. The molecule has 0 saturated carbocycles. The minimum Gasteiger partial charge on any atom is -0.395 e. The summed E-state index contributed by atoms with van der Waals surface area (Å²) >= 11 is 0. The van der Waals surface area contributed by atoms with Crippen molar-refractivity contribution in [3.8, 4) is 6.07 Å². The van der Waals surface area contributed by atoms with Crippen molar-refractivity contribution < 1.29 is 5.11 Å². The summed E-state index contributed by atoms with van der Waals surface area (Å²) in [5.74, 6) is 1.08. The molecule has 1 N–H and O–H groups in total. The fourth-order valence-electron chi connectivity index (χ4n) is 3.66. The van der Waals surface area contributed by atoms with Gasteiger partial charge in [0.05, 0.1) is 30.1 Å². The molecule has 136 valence electrons. The van der Waals surface area contributed by atoms with Gasteiger partial charge >= 0.3 is 0 Å². The van der Waals surface area contributed by atoms with Crippen LogP contribution in [0.5, 0.6) is 0 Å². The normalized spacial score (nSPS) is 16.6. The van der Waals surface area contributed by atoms with Crippen LogP contribution in [-0.2, 0) is 6.54 Å². The van der Waals surface area contributed by atoms with Gasteiger partial charge in [-0.05, 0) is 25.0 Å². The van der Waals surface area contributed by atoms with Crippen molar-refractivity contribution in [1.29, 1.82) is 5.26 Å². The van der Waals surface area contributed by atoms with Gasteiger partial charge in [-0.3, -0.25) is 9.36 Å². The second-order valence-corrected chi connectivity index (χ2v) is 6.36. The third-order valence-electron chi connectivity index (χ3n) is 4.82. The second-order valence-electron chi connectivity index (χ2n) is 6.36. The van der Waals surface area contributed by atoms with Gasteiger partial charge in [-0.1, -0.05) is 12.1 Å². The highest BCUT2D eigenvalue weighted by atomic mass is 16.3. The molecule has 0 bridgehead atoms. The molecule has 1 aliphatic heterocycles. The molecule has 2 aromatic heterocycles. The number of aliphatic hydroxyl groups is 1. The Hall–Kier alpha value is -3.31. The number of nitriles is 1. The monoisotopic (exact) mass is 362 g/mol. The van der Waals surface area contributed by atoms with Crippen LogP contribution in [0, 0.1) is 11.3 Å². The Morgan fingerprint density at radius 3 is 2.89 bits per heavy atom. The van der Waals surface area contributed by atoms with Gasteiger partial charge in [0.2, 0.25) is 0 Å². The summed E-state index contributed by atoms with van der Waals surface area (Å²) in [5.41, 5.74) is 0.704.